The van der Waals surface area contributed by atoms with E-state index >= 15 is 0 Å². The topological polar surface area (TPSA) is 83.5 Å². The molecular weight excluding hydrogens is 384 g/mol. The van der Waals surface area contributed by atoms with Crippen LogP contribution in [0.5, 0.6) is 0 Å². The van der Waals surface area contributed by atoms with Gasteiger partial charge < -0.3 is 10.2 Å². The molecule has 2 amide bonds. The van der Waals surface area contributed by atoms with E-state index in [-0.39, 0.29) is 35.8 Å². The Labute approximate surface area is 143 Å². The average Bonchev–Trinajstić information content (AvgIpc) is 3.03. The van der Waals surface area contributed by atoms with Gasteiger partial charge in [0, 0.05) is 29.2 Å². The van der Waals surface area contributed by atoms with E-state index in [4.69, 9.17) is 0 Å². The molecule has 2 fully saturated rings. The minimum absolute atomic E-state index is 0.00413. The zero-order chi connectivity index (χ0) is 16.6. The van der Waals surface area contributed by atoms with Crippen molar-refractivity contribution in [2.24, 2.45) is 5.92 Å². The lowest BCUT2D eigenvalue weighted by Gasteiger charge is -2.18. The Balaban J connectivity index is 1.63. The van der Waals surface area contributed by atoms with Crippen molar-refractivity contribution in [3.05, 3.63) is 28.7 Å². The number of sulfone groups is 1. The van der Waals surface area contributed by atoms with E-state index in [1.54, 1.807) is 4.90 Å². The summed E-state index contributed by atoms with van der Waals surface area (Å²) in [6.45, 7) is 0.325. The molecule has 6 nitrogen and oxygen atoms in total. The molecule has 1 N–H and O–H groups in total. The quantitative estimate of drug-likeness (QED) is 0.823. The van der Waals surface area contributed by atoms with Gasteiger partial charge in [-0.05, 0) is 30.7 Å². The molecule has 124 valence electrons. The third-order valence-corrected chi connectivity index (χ3v) is 6.51. The first-order chi connectivity index (χ1) is 10.8. The van der Waals surface area contributed by atoms with Crippen molar-refractivity contribution < 1.29 is 18.0 Å². The number of halogens is 1. The summed E-state index contributed by atoms with van der Waals surface area (Å²) in [6, 6.07) is 7.01. The van der Waals surface area contributed by atoms with E-state index in [2.05, 4.69) is 21.2 Å². The van der Waals surface area contributed by atoms with Crippen LogP contribution in [0.1, 0.15) is 12.8 Å². The maximum Gasteiger partial charge on any atom is 0.227 e. The molecule has 2 atom stereocenters. The number of hydrogen-bond acceptors (Lipinski definition) is 4. The largest absolute Gasteiger partial charge is 0.352 e. The van der Waals surface area contributed by atoms with Crippen molar-refractivity contribution in [1.29, 1.82) is 0 Å². The molecule has 2 aliphatic heterocycles. The minimum atomic E-state index is -3.03. The van der Waals surface area contributed by atoms with E-state index in [1.807, 2.05) is 24.3 Å². The van der Waals surface area contributed by atoms with E-state index in [9.17, 15) is 18.0 Å². The number of nitrogens with one attached hydrogen (secondary N) is 1. The van der Waals surface area contributed by atoms with Crippen LogP contribution in [0.15, 0.2) is 28.7 Å². The summed E-state index contributed by atoms with van der Waals surface area (Å²) in [4.78, 5) is 26.0. The van der Waals surface area contributed by atoms with Crippen LogP contribution < -0.4 is 10.2 Å². The zero-order valence-electron chi connectivity index (χ0n) is 12.4. The normalized spacial score (nSPS) is 26.5. The number of hydrogen-bond donors (Lipinski definition) is 1. The molecular formula is C15H17BrN2O4S. The number of rotatable bonds is 3. The van der Waals surface area contributed by atoms with Gasteiger partial charge in [-0.15, -0.1) is 0 Å². The molecule has 8 heteroatoms. The van der Waals surface area contributed by atoms with Crippen LogP contribution in [0.3, 0.4) is 0 Å². The molecule has 3 rings (SSSR count). The summed E-state index contributed by atoms with van der Waals surface area (Å²) in [5, 5.41) is 2.77. The monoisotopic (exact) mass is 400 g/mol. The highest BCUT2D eigenvalue weighted by atomic mass is 79.9. The highest BCUT2D eigenvalue weighted by molar-refractivity contribution is 9.10. The zero-order valence-corrected chi connectivity index (χ0v) is 14.8. The van der Waals surface area contributed by atoms with Crippen LogP contribution in [-0.4, -0.2) is 44.3 Å². The van der Waals surface area contributed by atoms with Gasteiger partial charge in [-0.3, -0.25) is 9.59 Å². The third kappa shape index (κ3) is 3.74. The molecule has 1 aromatic rings. The second-order valence-electron chi connectivity index (χ2n) is 5.99. The van der Waals surface area contributed by atoms with Crippen LogP contribution in [0.4, 0.5) is 5.69 Å². The van der Waals surface area contributed by atoms with Crippen molar-refractivity contribution in [3.8, 4) is 0 Å². The lowest BCUT2D eigenvalue weighted by atomic mass is 10.1. The minimum Gasteiger partial charge on any atom is -0.352 e. The molecule has 0 bridgehead atoms. The smallest absolute Gasteiger partial charge is 0.227 e. The molecule has 2 saturated heterocycles. The predicted octanol–water partition coefficient (Wildman–Crippen LogP) is 1.11. The van der Waals surface area contributed by atoms with E-state index < -0.39 is 15.8 Å². The Kier molecular flexibility index (Phi) is 4.46. The molecule has 0 aliphatic carbocycles. The second kappa shape index (κ2) is 6.24. The lowest BCUT2D eigenvalue weighted by Crippen LogP contribution is -2.40. The second-order valence-corrected chi connectivity index (χ2v) is 9.13. The Hall–Kier alpha value is -1.41. The Bertz CT molecular complexity index is 732. The van der Waals surface area contributed by atoms with Crippen molar-refractivity contribution in [3.63, 3.8) is 0 Å². The third-order valence-electron chi connectivity index (χ3n) is 4.21. The standard InChI is InChI=1S/C15H17BrN2O4S/c16-11-1-3-13(4-2-11)18-8-10(7-14(18)19)15(20)17-12-5-6-23(21,22)9-12/h1-4,10,12H,5-9H2,(H,17,20)/t10-,12-/m1/s1. The average molecular weight is 401 g/mol. The number of carbonyl (C=O) groups excluding carboxylic acids is 2. The fraction of sp³-hybridized carbons (Fsp3) is 0.467. The fourth-order valence-corrected chi connectivity index (χ4v) is 4.92. The Morgan fingerprint density at radius 2 is 1.96 bits per heavy atom. The van der Waals surface area contributed by atoms with E-state index in [1.165, 1.54) is 0 Å². The van der Waals surface area contributed by atoms with Gasteiger partial charge in [0.1, 0.15) is 0 Å². The molecule has 0 saturated carbocycles. The SMILES string of the molecule is O=C(N[C@@H]1CCS(=O)(=O)C1)[C@@H]1CC(=O)N(c2ccc(Br)cc2)C1. The first-order valence-electron chi connectivity index (χ1n) is 7.41. The lowest BCUT2D eigenvalue weighted by molar-refractivity contribution is -0.126. The number of anilines is 1. The van der Waals surface area contributed by atoms with Gasteiger partial charge in [-0.25, -0.2) is 8.42 Å². The summed E-state index contributed by atoms with van der Waals surface area (Å²) < 4.78 is 23.8. The summed E-state index contributed by atoms with van der Waals surface area (Å²) >= 11 is 3.35. The Morgan fingerprint density at radius 3 is 2.57 bits per heavy atom. The van der Waals surface area contributed by atoms with Crippen molar-refractivity contribution in [2.75, 3.05) is 23.0 Å². The predicted molar refractivity (Wildman–Crippen MR) is 89.8 cm³/mol. The maximum atomic E-state index is 12.3. The molecule has 0 radical (unpaired) electrons. The van der Waals surface area contributed by atoms with Crippen molar-refractivity contribution >= 4 is 43.3 Å². The van der Waals surface area contributed by atoms with Crippen LogP contribution >= 0.6 is 15.9 Å². The first-order valence-corrected chi connectivity index (χ1v) is 10.0. The highest BCUT2D eigenvalue weighted by Crippen LogP contribution is 2.26. The van der Waals surface area contributed by atoms with Crippen LogP contribution in [0.25, 0.3) is 0 Å². The number of carbonyl (C=O) groups is 2. The fourth-order valence-electron chi connectivity index (χ4n) is 2.98. The van der Waals surface area contributed by atoms with Crippen LogP contribution in [0, 0.1) is 5.92 Å². The molecule has 0 spiro atoms. The molecule has 0 unspecified atom stereocenters. The molecule has 0 aromatic heterocycles. The number of nitrogens with zero attached hydrogens (tertiary/aromatic N) is 1. The highest BCUT2D eigenvalue weighted by Gasteiger charge is 2.37. The van der Waals surface area contributed by atoms with E-state index in [0.29, 0.717) is 13.0 Å². The first kappa shape index (κ1) is 16.4. The molecule has 1 aromatic carbocycles. The summed E-state index contributed by atoms with van der Waals surface area (Å²) in [7, 11) is -3.03. The van der Waals surface area contributed by atoms with Crippen molar-refractivity contribution in [1.82, 2.24) is 5.32 Å². The van der Waals surface area contributed by atoms with Crippen LogP contribution in [0.2, 0.25) is 0 Å². The molecule has 23 heavy (non-hydrogen) atoms. The van der Waals surface area contributed by atoms with E-state index in [0.717, 1.165) is 10.2 Å². The van der Waals surface area contributed by atoms with Gasteiger partial charge in [0.05, 0.1) is 17.4 Å². The van der Waals surface area contributed by atoms with Gasteiger partial charge in [0.25, 0.3) is 0 Å². The summed E-state index contributed by atoms with van der Waals surface area (Å²) in [5.74, 6) is -0.649. The van der Waals surface area contributed by atoms with Gasteiger partial charge in [-0.2, -0.15) is 0 Å². The summed E-state index contributed by atoms with van der Waals surface area (Å²) in [6.07, 6.45) is 0.604. The molecule has 2 aliphatic rings. The van der Waals surface area contributed by atoms with Gasteiger partial charge in [-0.1, -0.05) is 15.9 Å². The molecule has 2 heterocycles. The van der Waals surface area contributed by atoms with Gasteiger partial charge in [0.15, 0.2) is 9.84 Å². The van der Waals surface area contributed by atoms with Gasteiger partial charge >= 0.3 is 0 Å². The van der Waals surface area contributed by atoms with Crippen LogP contribution in [-0.2, 0) is 19.4 Å². The van der Waals surface area contributed by atoms with Crippen molar-refractivity contribution in [2.45, 2.75) is 18.9 Å². The number of benzene rings is 1. The number of amides is 2. The maximum absolute atomic E-state index is 12.3. The van der Waals surface area contributed by atoms with Gasteiger partial charge in [0.2, 0.25) is 11.8 Å². The Morgan fingerprint density at radius 1 is 1.26 bits per heavy atom. The summed E-state index contributed by atoms with van der Waals surface area (Å²) in [5.41, 5.74) is 0.761.